The summed E-state index contributed by atoms with van der Waals surface area (Å²) in [6.45, 7) is -0.148. The number of hydrogen-bond acceptors (Lipinski definition) is 8. The van der Waals surface area contributed by atoms with E-state index in [4.69, 9.17) is 9.47 Å². The van der Waals surface area contributed by atoms with Crippen LogP contribution in [0.25, 0.3) is 17.1 Å². The van der Waals surface area contributed by atoms with Crippen molar-refractivity contribution < 1.29 is 19.2 Å². The number of nitrogens with zero attached hydrogens (tertiary/aromatic N) is 4. The average Bonchev–Trinajstić information content (AvgIpc) is 3.31. The van der Waals surface area contributed by atoms with Gasteiger partial charge >= 0.3 is 5.97 Å². The monoisotopic (exact) mass is 476 g/mol. The van der Waals surface area contributed by atoms with Gasteiger partial charge in [0.1, 0.15) is 12.4 Å². The van der Waals surface area contributed by atoms with E-state index in [-0.39, 0.29) is 18.0 Å². The van der Waals surface area contributed by atoms with Gasteiger partial charge < -0.3 is 9.47 Å². The summed E-state index contributed by atoms with van der Waals surface area (Å²) in [6, 6.07) is 23.4. The Bertz CT molecular complexity index is 1300. The van der Waals surface area contributed by atoms with Gasteiger partial charge in [-0.2, -0.15) is 0 Å². The number of methoxy groups -OCH3 is 1. The predicted octanol–water partition coefficient (Wildman–Crippen LogP) is 4.69. The molecular formula is C24H20N4O5S. The van der Waals surface area contributed by atoms with Crippen molar-refractivity contribution in [1.82, 2.24) is 14.8 Å². The fourth-order valence-electron chi connectivity index (χ4n) is 3.26. The normalized spacial score (nSPS) is 10.6. The van der Waals surface area contributed by atoms with Crippen LogP contribution in [0.1, 0.15) is 5.56 Å². The summed E-state index contributed by atoms with van der Waals surface area (Å²) in [5, 5.41) is 20.2. The van der Waals surface area contributed by atoms with Crippen LogP contribution in [0.2, 0.25) is 0 Å². The minimum atomic E-state index is -0.513. The summed E-state index contributed by atoms with van der Waals surface area (Å²) in [6.07, 6.45) is 0. The maximum Gasteiger partial charge on any atom is 0.316 e. The van der Waals surface area contributed by atoms with E-state index in [1.165, 1.54) is 37.1 Å². The Morgan fingerprint density at radius 3 is 2.41 bits per heavy atom. The number of carbonyl (C=O) groups is 1. The number of esters is 1. The van der Waals surface area contributed by atoms with Crippen molar-refractivity contribution in [2.24, 2.45) is 0 Å². The highest BCUT2D eigenvalue weighted by Gasteiger charge is 2.18. The van der Waals surface area contributed by atoms with Gasteiger partial charge in [-0.1, -0.05) is 60.3 Å². The molecule has 0 fully saturated rings. The van der Waals surface area contributed by atoms with Crippen molar-refractivity contribution in [2.75, 3.05) is 12.9 Å². The van der Waals surface area contributed by atoms with Crippen LogP contribution in [-0.2, 0) is 16.1 Å². The number of para-hydroxylation sites is 1. The molecule has 0 aliphatic carbocycles. The van der Waals surface area contributed by atoms with E-state index in [0.29, 0.717) is 22.3 Å². The number of aromatic nitrogens is 3. The maximum atomic E-state index is 12.5. The molecule has 0 spiro atoms. The molecule has 0 amide bonds. The number of nitro benzene ring substituents is 1. The van der Waals surface area contributed by atoms with E-state index >= 15 is 0 Å². The first-order chi connectivity index (χ1) is 16.6. The van der Waals surface area contributed by atoms with Crippen LogP contribution in [0.5, 0.6) is 5.75 Å². The second kappa shape index (κ2) is 10.6. The second-order valence-corrected chi connectivity index (χ2v) is 7.99. The lowest BCUT2D eigenvalue weighted by Gasteiger charge is -2.11. The quantitative estimate of drug-likeness (QED) is 0.148. The lowest BCUT2D eigenvalue weighted by atomic mass is 10.2. The molecule has 34 heavy (non-hydrogen) atoms. The number of benzene rings is 3. The van der Waals surface area contributed by atoms with Gasteiger partial charge in [0, 0.05) is 28.9 Å². The molecular weight excluding hydrogens is 456 g/mol. The summed E-state index contributed by atoms with van der Waals surface area (Å²) < 4.78 is 12.4. The molecule has 0 saturated heterocycles. The summed E-state index contributed by atoms with van der Waals surface area (Å²) >= 11 is 1.19. The van der Waals surface area contributed by atoms with Crippen molar-refractivity contribution in [3.8, 4) is 22.8 Å². The highest BCUT2D eigenvalue weighted by molar-refractivity contribution is 7.99. The summed E-state index contributed by atoms with van der Waals surface area (Å²) in [7, 11) is 1.45. The van der Waals surface area contributed by atoms with Gasteiger partial charge in [-0.3, -0.25) is 19.5 Å². The molecule has 3 aromatic carbocycles. The Balaban J connectivity index is 1.49. The molecule has 0 aliphatic rings. The summed E-state index contributed by atoms with van der Waals surface area (Å²) in [5.41, 5.74) is 2.06. The van der Waals surface area contributed by atoms with Crippen LogP contribution in [0, 0.1) is 10.1 Å². The smallest absolute Gasteiger partial charge is 0.316 e. The van der Waals surface area contributed by atoms with E-state index in [2.05, 4.69) is 10.2 Å². The SMILES string of the molecule is COc1ccc([N+](=O)[O-])cc1COC(=O)CSc1nnc(-c2ccccc2)n1-c1ccccc1. The Kier molecular flexibility index (Phi) is 7.19. The van der Waals surface area contributed by atoms with Crippen LogP contribution in [0.3, 0.4) is 0 Å². The number of thioether (sulfide) groups is 1. The standard InChI is InChI=1S/C24H20N4O5S/c1-32-21-13-12-20(28(30)31)14-18(21)15-33-22(29)16-34-24-26-25-23(17-8-4-2-5-9-17)27(24)19-10-6-3-7-11-19/h2-14H,15-16H2,1H3. The zero-order valence-corrected chi connectivity index (χ0v) is 19.0. The molecule has 0 bridgehead atoms. The topological polar surface area (TPSA) is 109 Å². The predicted molar refractivity (Wildman–Crippen MR) is 127 cm³/mol. The Labute approximate surface area is 199 Å². The lowest BCUT2D eigenvalue weighted by Crippen LogP contribution is -2.09. The maximum absolute atomic E-state index is 12.5. The first kappa shape index (κ1) is 23.0. The van der Waals surface area contributed by atoms with Gasteiger partial charge in [0.15, 0.2) is 11.0 Å². The van der Waals surface area contributed by atoms with E-state index in [0.717, 1.165) is 11.3 Å². The van der Waals surface area contributed by atoms with Gasteiger partial charge in [0.2, 0.25) is 0 Å². The number of carbonyl (C=O) groups excluding carboxylic acids is 1. The minimum absolute atomic E-state index is 0.0169. The molecule has 0 aliphatic heterocycles. The number of nitro groups is 1. The molecule has 0 atom stereocenters. The molecule has 4 rings (SSSR count). The van der Waals surface area contributed by atoms with Crippen molar-refractivity contribution in [1.29, 1.82) is 0 Å². The van der Waals surface area contributed by atoms with Gasteiger partial charge in [-0.25, -0.2) is 0 Å². The number of rotatable bonds is 9. The summed E-state index contributed by atoms with van der Waals surface area (Å²) in [5.74, 6) is 0.547. The molecule has 0 unspecified atom stereocenters. The molecule has 0 radical (unpaired) electrons. The largest absolute Gasteiger partial charge is 0.496 e. The number of non-ortho nitro benzene ring substituents is 1. The zero-order valence-electron chi connectivity index (χ0n) is 18.2. The molecule has 4 aromatic rings. The lowest BCUT2D eigenvalue weighted by molar-refractivity contribution is -0.385. The van der Waals surface area contributed by atoms with Crippen LogP contribution >= 0.6 is 11.8 Å². The fourth-order valence-corrected chi connectivity index (χ4v) is 4.01. The first-order valence-electron chi connectivity index (χ1n) is 10.2. The van der Waals surface area contributed by atoms with Crippen LogP contribution in [-0.4, -0.2) is 38.5 Å². The Hall–Kier alpha value is -4.18. The Morgan fingerprint density at radius 1 is 1.03 bits per heavy atom. The van der Waals surface area contributed by atoms with Gasteiger partial charge in [0.05, 0.1) is 17.8 Å². The fraction of sp³-hybridized carbons (Fsp3) is 0.125. The molecule has 0 saturated carbocycles. The van der Waals surface area contributed by atoms with E-state index < -0.39 is 10.9 Å². The van der Waals surface area contributed by atoms with Gasteiger partial charge in [-0.15, -0.1) is 10.2 Å². The third-order valence-corrected chi connectivity index (χ3v) is 5.76. The average molecular weight is 477 g/mol. The second-order valence-electron chi connectivity index (χ2n) is 7.05. The third-order valence-electron chi connectivity index (χ3n) is 4.86. The number of ether oxygens (including phenoxy) is 2. The molecule has 9 nitrogen and oxygen atoms in total. The molecule has 172 valence electrons. The zero-order chi connectivity index (χ0) is 23.9. The number of hydrogen-bond donors (Lipinski definition) is 0. The van der Waals surface area contributed by atoms with E-state index in [1.54, 1.807) is 0 Å². The first-order valence-corrected chi connectivity index (χ1v) is 11.2. The van der Waals surface area contributed by atoms with Crippen molar-refractivity contribution in [3.05, 3.63) is 94.5 Å². The van der Waals surface area contributed by atoms with Gasteiger partial charge in [0.25, 0.3) is 5.69 Å². The Morgan fingerprint density at radius 2 is 1.74 bits per heavy atom. The molecule has 10 heteroatoms. The highest BCUT2D eigenvalue weighted by atomic mass is 32.2. The van der Waals surface area contributed by atoms with Crippen LogP contribution in [0.4, 0.5) is 5.69 Å². The van der Waals surface area contributed by atoms with E-state index in [9.17, 15) is 14.9 Å². The molecule has 1 heterocycles. The van der Waals surface area contributed by atoms with Crippen molar-refractivity contribution in [2.45, 2.75) is 11.8 Å². The third kappa shape index (κ3) is 5.24. The highest BCUT2D eigenvalue weighted by Crippen LogP contribution is 2.28. The van der Waals surface area contributed by atoms with Crippen LogP contribution < -0.4 is 4.74 Å². The molecule has 0 N–H and O–H groups in total. The minimum Gasteiger partial charge on any atom is -0.496 e. The summed E-state index contributed by atoms with van der Waals surface area (Å²) in [4.78, 5) is 23.0. The van der Waals surface area contributed by atoms with Gasteiger partial charge in [-0.05, 0) is 18.2 Å². The van der Waals surface area contributed by atoms with E-state index in [1.807, 2.05) is 65.2 Å². The van der Waals surface area contributed by atoms with Crippen molar-refractivity contribution in [3.63, 3.8) is 0 Å². The van der Waals surface area contributed by atoms with Crippen molar-refractivity contribution >= 4 is 23.4 Å². The van der Waals surface area contributed by atoms with Crippen LogP contribution in [0.15, 0.2) is 84.0 Å². The molecule has 1 aromatic heterocycles.